The second-order valence-electron chi connectivity index (χ2n) is 3.91. The Morgan fingerprint density at radius 2 is 2.20 bits per heavy atom. The SMILES string of the molecule is CCOC(=O)c1ccc(C#N)c(-c2ccc(C=O)o2)c1. The number of hydrogen-bond donors (Lipinski definition) is 0. The number of esters is 1. The minimum atomic E-state index is -0.472. The van der Waals surface area contributed by atoms with Crippen LogP contribution in [0, 0.1) is 11.3 Å². The maximum absolute atomic E-state index is 11.7. The number of carbonyl (C=O) groups excluding carboxylic acids is 2. The van der Waals surface area contributed by atoms with E-state index in [0.717, 1.165) is 0 Å². The first-order chi connectivity index (χ1) is 9.69. The van der Waals surface area contributed by atoms with Crippen molar-refractivity contribution >= 4 is 12.3 Å². The van der Waals surface area contributed by atoms with E-state index in [1.165, 1.54) is 24.3 Å². The van der Waals surface area contributed by atoms with Gasteiger partial charge in [-0.25, -0.2) is 4.79 Å². The number of carbonyl (C=O) groups is 2. The fraction of sp³-hybridized carbons (Fsp3) is 0.133. The highest BCUT2D eigenvalue weighted by Gasteiger charge is 2.14. The Hall–Kier alpha value is -2.87. The first-order valence-electron chi connectivity index (χ1n) is 5.96. The lowest BCUT2D eigenvalue weighted by molar-refractivity contribution is 0.0526. The highest BCUT2D eigenvalue weighted by atomic mass is 16.5. The maximum atomic E-state index is 11.7. The van der Waals surface area contributed by atoms with E-state index in [1.54, 1.807) is 13.0 Å². The van der Waals surface area contributed by atoms with E-state index >= 15 is 0 Å². The Bertz CT molecular complexity index is 694. The Morgan fingerprint density at radius 1 is 1.40 bits per heavy atom. The number of furan rings is 1. The minimum Gasteiger partial charge on any atom is -0.462 e. The number of hydrogen-bond acceptors (Lipinski definition) is 5. The molecule has 1 aromatic heterocycles. The predicted octanol–water partition coefficient (Wildman–Crippen LogP) is 2.81. The summed E-state index contributed by atoms with van der Waals surface area (Å²) in [6, 6.07) is 9.65. The molecular weight excluding hydrogens is 258 g/mol. The van der Waals surface area contributed by atoms with E-state index in [4.69, 9.17) is 14.4 Å². The van der Waals surface area contributed by atoms with Gasteiger partial charge in [-0.2, -0.15) is 5.26 Å². The van der Waals surface area contributed by atoms with E-state index in [2.05, 4.69) is 0 Å². The molecule has 0 radical (unpaired) electrons. The third kappa shape index (κ3) is 2.59. The Morgan fingerprint density at radius 3 is 2.80 bits per heavy atom. The first kappa shape index (κ1) is 13.6. The van der Waals surface area contributed by atoms with Crippen LogP contribution in [-0.2, 0) is 4.74 Å². The molecule has 0 spiro atoms. The van der Waals surface area contributed by atoms with Crippen LogP contribution in [0.15, 0.2) is 34.7 Å². The van der Waals surface area contributed by atoms with E-state index in [-0.39, 0.29) is 12.4 Å². The number of ether oxygens (including phenoxy) is 1. The number of nitriles is 1. The van der Waals surface area contributed by atoms with Crippen LogP contribution in [-0.4, -0.2) is 18.9 Å². The topological polar surface area (TPSA) is 80.3 Å². The van der Waals surface area contributed by atoms with Crippen molar-refractivity contribution in [2.45, 2.75) is 6.92 Å². The van der Waals surface area contributed by atoms with Crippen LogP contribution >= 0.6 is 0 Å². The van der Waals surface area contributed by atoms with Crippen molar-refractivity contribution in [3.63, 3.8) is 0 Å². The second-order valence-corrected chi connectivity index (χ2v) is 3.91. The molecule has 0 aliphatic heterocycles. The van der Waals surface area contributed by atoms with E-state index < -0.39 is 5.97 Å². The summed E-state index contributed by atoms with van der Waals surface area (Å²) in [6.45, 7) is 1.98. The van der Waals surface area contributed by atoms with Gasteiger partial charge in [0.2, 0.25) is 0 Å². The van der Waals surface area contributed by atoms with Gasteiger partial charge in [-0.1, -0.05) is 0 Å². The lowest BCUT2D eigenvalue weighted by Crippen LogP contribution is -2.05. The molecule has 0 aliphatic carbocycles. The number of nitrogens with zero attached hydrogens (tertiary/aromatic N) is 1. The van der Waals surface area contributed by atoms with Gasteiger partial charge in [0.05, 0.1) is 23.8 Å². The van der Waals surface area contributed by atoms with Crippen LogP contribution in [0.2, 0.25) is 0 Å². The molecule has 0 bridgehead atoms. The summed E-state index contributed by atoms with van der Waals surface area (Å²) in [4.78, 5) is 22.3. The summed E-state index contributed by atoms with van der Waals surface area (Å²) in [6.07, 6.45) is 0.574. The van der Waals surface area contributed by atoms with Crippen molar-refractivity contribution in [2.75, 3.05) is 6.61 Å². The van der Waals surface area contributed by atoms with Crippen molar-refractivity contribution in [1.29, 1.82) is 5.26 Å². The summed E-state index contributed by atoms with van der Waals surface area (Å²) in [7, 11) is 0. The number of aldehydes is 1. The van der Waals surface area contributed by atoms with Gasteiger partial charge in [-0.05, 0) is 37.3 Å². The van der Waals surface area contributed by atoms with Crippen LogP contribution in [0.3, 0.4) is 0 Å². The third-order valence-electron chi connectivity index (χ3n) is 2.66. The van der Waals surface area contributed by atoms with Gasteiger partial charge in [-0.15, -0.1) is 0 Å². The minimum absolute atomic E-state index is 0.158. The summed E-state index contributed by atoms with van der Waals surface area (Å²) >= 11 is 0. The molecule has 1 aromatic carbocycles. The summed E-state index contributed by atoms with van der Waals surface area (Å²) in [5.41, 5.74) is 1.13. The quantitative estimate of drug-likeness (QED) is 0.629. The van der Waals surface area contributed by atoms with E-state index in [0.29, 0.717) is 28.7 Å². The second kappa shape index (κ2) is 5.85. The van der Waals surface area contributed by atoms with Gasteiger partial charge in [0.1, 0.15) is 5.76 Å². The molecule has 0 unspecified atom stereocenters. The molecule has 0 aliphatic rings. The molecule has 0 N–H and O–H groups in total. The maximum Gasteiger partial charge on any atom is 0.338 e. The van der Waals surface area contributed by atoms with Crippen LogP contribution in [0.4, 0.5) is 0 Å². The molecule has 5 nitrogen and oxygen atoms in total. The average Bonchev–Trinajstić information content (AvgIpc) is 2.95. The van der Waals surface area contributed by atoms with Gasteiger partial charge in [0, 0.05) is 5.56 Å². The molecule has 0 saturated carbocycles. The fourth-order valence-corrected chi connectivity index (χ4v) is 1.75. The lowest BCUT2D eigenvalue weighted by atomic mass is 10.0. The normalized spacial score (nSPS) is 9.80. The first-order valence-corrected chi connectivity index (χ1v) is 5.96. The molecule has 0 saturated heterocycles. The largest absolute Gasteiger partial charge is 0.462 e. The zero-order valence-corrected chi connectivity index (χ0v) is 10.8. The Balaban J connectivity index is 2.49. The smallest absolute Gasteiger partial charge is 0.338 e. The summed E-state index contributed by atoms with van der Waals surface area (Å²) in [5, 5.41) is 9.10. The van der Waals surface area contributed by atoms with E-state index in [1.807, 2.05) is 6.07 Å². The van der Waals surface area contributed by atoms with Crippen LogP contribution in [0.1, 0.15) is 33.4 Å². The third-order valence-corrected chi connectivity index (χ3v) is 2.66. The van der Waals surface area contributed by atoms with Gasteiger partial charge in [-0.3, -0.25) is 4.79 Å². The number of benzene rings is 1. The van der Waals surface area contributed by atoms with Crippen LogP contribution in [0.5, 0.6) is 0 Å². The van der Waals surface area contributed by atoms with Crippen molar-refractivity contribution < 1.29 is 18.7 Å². The Kier molecular flexibility index (Phi) is 3.96. The van der Waals surface area contributed by atoms with Gasteiger partial charge >= 0.3 is 5.97 Å². The molecule has 0 amide bonds. The Labute approximate surface area is 115 Å². The zero-order chi connectivity index (χ0) is 14.5. The van der Waals surface area contributed by atoms with E-state index in [9.17, 15) is 9.59 Å². The predicted molar refractivity (Wildman–Crippen MR) is 70.2 cm³/mol. The monoisotopic (exact) mass is 269 g/mol. The van der Waals surface area contributed by atoms with Crippen LogP contribution < -0.4 is 0 Å². The average molecular weight is 269 g/mol. The summed E-state index contributed by atoms with van der Waals surface area (Å²) < 4.78 is 10.2. The lowest BCUT2D eigenvalue weighted by Gasteiger charge is -2.05. The molecule has 0 atom stereocenters. The number of rotatable bonds is 4. The van der Waals surface area contributed by atoms with Crippen molar-refractivity contribution in [1.82, 2.24) is 0 Å². The molecule has 0 fully saturated rings. The standard InChI is InChI=1S/C15H11NO4/c1-2-19-15(18)10-3-4-11(8-16)13(7-10)14-6-5-12(9-17)20-14/h3-7,9H,2H2,1H3. The van der Waals surface area contributed by atoms with Crippen molar-refractivity contribution in [3.05, 3.63) is 47.2 Å². The van der Waals surface area contributed by atoms with Crippen molar-refractivity contribution in [3.8, 4) is 17.4 Å². The zero-order valence-electron chi connectivity index (χ0n) is 10.8. The van der Waals surface area contributed by atoms with Gasteiger partial charge < -0.3 is 9.15 Å². The van der Waals surface area contributed by atoms with Gasteiger partial charge in [0.25, 0.3) is 0 Å². The molecule has 1 heterocycles. The highest BCUT2D eigenvalue weighted by Crippen LogP contribution is 2.26. The van der Waals surface area contributed by atoms with Gasteiger partial charge in [0.15, 0.2) is 12.0 Å². The molecule has 5 heteroatoms. The van der Waals surface area contributed by atoms with Crippen LogP contribution in [0.25, 0.3) is 11.3 Å². The molecule has 2 rings (SSSR count). The summed E-state index contributed by atoms with van der Waals surface area (Å²) in [5.74, 6) is 0.0423. The van der Waals surface area contributed by atoms with Crippen molar-refractivity contribution in [2.24, 2.45) is 0 Å². The molecule has 20 heavy (non-hydrogen) atoms. The fourth-order valence-electron chi connectivity index (χ4n) is 1.75. The highest BCUT2D eigenvalue weighted by molar-refractivity contribution is 5.91. The molecule has 100 valence electrons. The molecular formula is C15H11NO4. The molecule has 2 aromatic rings.